The Bertz CT molecular complexity index is 2720. The number of morpholine rings is 2. The molecule has 28 heteroatoms. The Morgan fingerprint density at radius 3 is 1.38 bits per heavy atom. The number of hydrogen-bond acceptors (Lipinski definition) is 21. The van der Waals surface area contributed by atoms with Gasteiger partial charge in [-0.2, -0.15) is 9.97 Å². The van der Waals surface area contributed by atoms with Crippen molar-refractivity contribution in [2.45, 2.75) is 25.9 Å². The first-order valence-electron chi connectivity index (χ1n) is 24.7. The highest BCUT2D eigenvalue weighted by Crippen LogP contribution is 2.29. The summed E-state index contributed by atoms with van der Waals surface area (Å²) in [7, 11) is 6.78. The molecule has 6 aromatic heterocycles. The van der Waals surface area contributed by atoms with Crippen LogP contribution in [0.1, 0.15) is 12.8 Å². The highest BCUT2D eigenvalue weighted by Gasteiger charge is 2.25. The van der Waals surface area contributed by atoms with Crippen molar-refractivity contribution in [3.05, 3.63) is 37.4 Å². The van der Waals surface area contributed by atoms with Gasteiger partial charge in [0.25, 0.3) is 0 Å². The summed E-state index contributed by atoms with van der Waals surface area (Å²) in [6.45, 7) is 16.9. The van der Waals surface area contributed by atoms with Crippen molar-refractivity contribution in [3.8, 4) is 22.5 Å². The largest absolute Gasteiger partial charge is 0.378 e. The van der Waals surface area contributed by atoms with E-state index in [0.717, 1.165) is 157 Å². The average Bonchev–Trinajstić information content (AvgIpc) is 4.03. The van der Waals surface area contributed by atoms with Crippen LogP contribution in [-0.2, 0) is 22.6 Å². The summed E-state index contributed by atoms with van der Waals surface area (Å²) in [4.78, 5) is 81.4. The Morgan fingerprint density at radius 1 is 0.581 bits per heavy atom. The van der Waals surface area contributed by atoms with E-state index >= 15 is 0 Å². The van der Waals surface area contributed by atoms with Gasteiger partial charge in [0.15, 0.2) is 11.3 Å². The van der Waals surface area contributed by atoms with Crippen molar-refractivity contribution >= 4 is 81.5 Å². The molecule has 400 valence electrons. The van der Waals surface area contributed by atoms with Crippen LogP contribution in [0.5, 0.6) is 0 Å². The molecule has 4 aliphatic rings. The number of aromatic nitrogens is 12. The number of ether oxygens (including phenoxy) is 2. The number of amides is 3. The van der Waals surface area contributed by atoms with Gasteiger partial charge in [-0.15, -0.1) is 12.4 Å². The fourth-order valence-corrected chi connectivity index (χ4v) is 8.64. The first-order valence-corrected chi connectivity index (χ1v) is 25.0. The van der Waals surface area contributed by atoms with Crippen LogP contribution in [0.3, 0.4) is 0 Å². The molecule has 6 aromatic rings. The van der Waals surface area contributed by atoms with Crippen molar-refractivity contribution in [1.82, 2.24) is 88.8 Å². The molecule has 0 aromatic carbocycles. The Hall–Kier alpha value is -6.42. The molecule has 4 saturated heterocycles. The number of urea groups is 1. The quantitative estimate of drug-likeness (QED) is 0.116. The molecule has 0 unspecified atom stereocenters. The van der Waals surface area contributed by atoms with Gasteiger partial charge in [0.1, 0.15) is 22.4 Å². The van der Waals surface area contributed by atoms with Crippen LogP contribution in [0.15, 0.2) is 37.4 Å². The number of rotatable bonds is 12. The summed E-state index contributed by atoms with van der Waals surface area (Å²) in [5.41, 5.74) is 17.4. The van der Waals surface area contributed by atoms with E-state index in [1.54, 1.807) is 57.9 Å². The fraction of sp³-hybridized carbons (Fsp3) is 0.565. The second-order valence-electron chi connectivity index (χ2n) is 18.3. The number of nitrogens with two attached hydrogens (primary N) is 2. The fourth-order valence-electron chi connectivity index (χ4n) is 8.64. The topological polar surface area (TPSA) is 278 Å². The van der Waals surface area contributed by atoms with Gasteiger partial charge >= 0.3 is 11.4 Å². The van der Waals surface area contributed by atoms with E-state index in [1.807, 2.05) is 17.6 Å². The van der Waals surface area contributed by atoms with Gasteiger partial charge in [-0.1, -0.05) is 0 Å². The Labute approximate surface area is 441 Å². The molecule has 0 saturated carbocycles. The molecule has 0 radical (unpaired) electrons. The van der Waals surface area contributed by atoms with Crippen LogP contribution in [-0.4, -0.2) is 241 Å². The number of piperazine rings is 2. The lowest BCUT2D eigenvalue weighted by Gasteiger charge is -2.35. The number of halogens is 2. The normalized spacial score (nSPS) is 16.5. The molecule has 74 heavy (non-hydrogen) atoms. The third kappa shape index (κ3) is 14.4. The average molecular weight is 1060 g/mol. The van der Waals surface area contributed by atoms with E-state index in [1.165, 1.54) is 4.90 Å². The van der Waals surface area contributed by atoms with Gasteiger partial charge in [-0.25, -0.2) is 44.7 Å². The molecule has 0 bridgehead atoms. The van der Waals surface area contributed by atoms with E-state index in [-0.39, 0.29) is 30.3 Å². The first-order chi connectivity index (χ1) is 35.4. The van der Waals surface area contributed by atoms with E-state index in [0.29, 0.717) is 44.0 Å². The zero-order chi connectivity index (χ0) is 51.3. The van der Waals surface area contributed by atoms with E-state index < -0.39 is 5.37 Å². The van der Waals surface area contributed by atoms with Gasteiger partial charge in [-0.05, 0) is 37.5 Å². The van der Waals surface area contributed by atoms with Crippen LogP contribution >= 0.6 is 24.0 Å². The maximum Gasteiger partial charge on any atom is 0.319 e. The minimum absolute atomic E-state index is 0. The summed E-state index contributed by atoms with van der Waals surface area (Å²) in [5.74, 6) is 1.79. The van der Waals surface area contributed by atoms with E-state index in [9.17, 15) is 9.59 Å². The molecule has 4 aliphatic heterocycles. The minimum atomic E-state index is -0.435. The van der Waals surface area contributed by atoms with Crippen LogP contribution in [0.2, 0.25) is 0 Å². The monoisotopic (exact) mass is 1060 g/mol. The smallest absolute Gasteiger partial charge is 0.319 e. The van der Waals surface area contributed by atoms with Crippen molar-refractivity contribution in [1.29, 1.82) is 0 Å². The Morgan fingerprint density at radius 2 is 0.986 bits per heavy atom. The third-order valence-electron chi connectivity index (χ3n) is 12.7. The minimum Gasteiger partial charge on any atom is -0.378 e. The van der Waals surface area contributed by atoms with Crippen molar-refractivity contribution in [2.75, 3.05) is 168 Å². The molecule has 26 nitrogen and oxygen atoms in total. The molecule has 0 spiro atoms. The lowest BCUT2D eigenvalue weighted by atomic mass is 10.2. The summed E-state index contributed by atoms with van der Waals surface area (Å²) < 4.78 is 15.2. The maximum absolute atomic E-state index is 12.2. The number of fused-ring (bicyclic) bond motifs is 2. The van der Waals surface area contributed by atoms with Crippen molar-refractivity contribution < 1.29 is 19.1 Å². The molecule has 0 atom stereocenters. The number of carbonyl (C=O) groups is 2. The number of carbonyl (C=O) groups excluding carboxylic acids is 2. The van der Waals surface area contributed by atoms with Crippen LogP contribution < -0.4 is 26.6 Å². The van der Waals surface area contributed by atoms with Gasteiger partial charge in [0, 0.05) is 156 Å². The van der Waals surface area contributed by atoms with Crippen LogP contribution in [0, 0.1) is 0 Å². The predicted molar refractivity (Wildman–Crippen MR) is 285 cm³/mol. The van der Waals surface area contributed by atoms with Gasteiger partial charge in [0.2, 0.25) is 23.8 Å². The second-order valence-corrected chi connectivity index (χ2v) is 18.6. The van der Waals surface area contributed by atoms with Crippen molar-refractivity contribution in [3.63, 3.8) is 0 Å². The molecule has 5 N–H and O–H groups in total. The maximum atomic E-state index is 12.2. The van der Waals surface area contributed by atoms with Crippen molar-refractivity contribution in [2.24, 2.45) is 0 Å². The van der Waals surface area contributed by atoms with Gasteiger partial charge in [0.05, 0.1) is 39.1 Å². The number of hydrogen-bond donors (Lipinski definition) is 3. The second kappa shape index (κ2) is 26.7. The van der Waals surface area contributed by atoms with E-state index in [4.69, 9.17) is 52.5 Å². The number of aryl methyl sites for hydroxylation is 2. The van der Waals surface area contributed by atoms with Crippen LogP contribution in [0.25, 0.3) is 44.8 Å². The summed E-state index contributed by atoms with van der Waals surface area (Å²) in [5, 5.41) is 2.96. The molecular formula is C46H68Cl2N22O4. The lowest BCUT2D eigenvalue weighted by Crippen LogP contribution is -2.51. The number of nitrogen functional groups attached to an aromatic ring is 2. The first kappa shape index (κ1) is 55.3. The number of imidazole rings is 2. The summed E-state index contributed by atoms with van der Waals surface area (Å²) in [6.07, 6.45) is 12.4. The molecule has 4 fully saturated rings. The summed E-state index contributed by atoms with van der Waals surface area (Å²) >= 11 is 4.90. The summed E-state index contributed by atoms with van der Waals surface area (Å²) in [6, 6.07) is 0.0811. The van der Waals surface area contributed by atoms with Gasteiger partial charge < -0.3 is 64.8 Å². The SMILES string of the molecule is CN(C)C(=O)Cl.CN(C)C(=O)N1CCN(CCCn2cnc3c(-c4cnc(N)nc4)nc(N4CCOCC4)nc32)CC1.Cl.Nc1ncc(-c2nc(N3CCOCC3)nc3c2ncn3CCCN2CCNCC2)cn1. The third-order valence-corrected chi connectivity index (χ3v) is 13.1. The highest BCUT2D eigenvalue weighted by molar-refractivity contribution is 6.62. The molecular weight excluding hydrogens is 996 g/mol. The molecule has 0 aliphatic carbocycles. The van der Waals surface area contributed by atoms with Crippen LogP contribution in [0.4, 0.5) is 33.4 Å². The number of anilines is 4. The molecule has 10 rings (SSSR count). The van der Waals surface area contributed by atoms with Gasteiger partial charge in [-0.3, -0.25) is 9.69 Å². The lowest BCUT2D eigenvalue weighted by molar-refractivity contribution is 0.122. The zero-order valence-electron chi connectivity index (χ0n) is 42.6. The standard InChI is InChI=1S/C23H33N11O2.C20H28N10O.C3H6ClNO.ClH/c1-30(2)23(35)33-8-6-31(7-9-33)4-3-5-34-16-27-19-18(17-14-25-21(24)26-15-17)28-22(29-20(19)34)32-10-12-36-13-11-32;21-19-23-12-15(13-24-19)16-17-18(27-20(26-16)29-8-10-31-11-9-29)30(14-25-17)5-1-4-28-6-2-22-3-7-28;1-5(2)3(4)6;/h14-16H,3-13H2,1-2H3,(H2,24,25,26);12-14,22H,1-11H2,(H2,21,23,24);1-2H3;1H. The zero-order valence-corrected chi connectivity index (χ0v) is 44.2. The molecule has 3 amide bonds. The van der Waals surface area contributed by atoms with E-state index in [2.05, 4.69) is 64.0 Å². The number of nitrogens with zero attached hydrogens (tertiary/aromatic N) is 19. The Kier molecular flexibility index (Phi) is 20.0. The highest BCUT2D eigenvalue weighted by atomic mass is 35.5. The number of nitrogens with one attached hydrogen (secondary N) is 1. The molecule has 10 heterocycles. The predicted octanol–water partition coefficient (Wildman–Crippen LogP) is 1.72. The Balaban J connectivity index is 0.000000194.